The fraction of sp³-hybridized carbons (Fsp3) is 0.263. The summed E-state index contributed by atoms with van der Waals surface area (Å²) >= 11 is 0. The van der Waals surface area contributed by atoms with Crippen LogP contribution in [0.15, 0.2) is 72.4 Å². The van der Waals surface area contributed by atoms with Crippen molar-refractivity contribution in [2.75, 3.05) is 7.11 Å². The number of rotatable bonds is 7. The zero-order chi connectivity index (χ0) is 15.0. The SMILES string of the molecule is CCCC/C=C/[Si](OC)(c1ccccc1)c1ccccc1. The van der Waals surface area contributed by atoms with E-state index >= 15 is 0 Å². The van der Waals surface area contributed by atoms with Crippen LogP contribution in [-0.4, -0.2) is 15.4 Å². The predicted octanol–water partition coefficient (Wildman–Crippen LogP) is 3.68. The van der Waals surface area contributed by atoms with E-state index in [1.54, 1.807) is 0 Å². The van der Waals surface area contributed by atoms with Crippen LogP contribution >= 0.6 is 0 Å². The third-order valence-corrected chi connectivity index (χ3v) is 7.54. The van der Waals surface area contributed by atoms with Gasteiger partial charge in [-0.25, -0.2) is 0 Å². The minimum atomic E-state index is -2.25. The Balaban J connectivity index is 2.44. The van der Waals surface area contributed by atoms with Crippen molar-refractivity contribution in [2.45, 2.75) is 26.2 Å². The maximum atomic E-state index is 6.14. The molecule has 0 radical (unpaired) electrons. The van der Waals surface area contributed by atoms with Crippen LogP contribution in [0.5, 0.6) is 0 Å². The number of hydrogen-bond acceptors (Lipinski definition) is 1. The second-order valence-electron chi connectivity index (χ2n) is 5.22. The summed E-state index contributed by atoms with van der Waals surface area (Å²) in [5.41, 5.74) is 2.34. The monoisotopic (exact) mass is 296 g/mol. The van der Waals surface area contributed by atoms with E-state index in [0.717, 1.165) is 6.42 Å². The Hall–Kier alpha value is -1.64. The lowest BCUT2D eigenvalue weighted by Gasteiger charge is -2.27. The van der Waals surface area contributed by atoms with E-state index in [9.17, 15) is 0 Å². The highest BCUT2D eigenvalue weighted by Crippen LogP contribution is 2.10. The molecule has 0 amide bonds. The van der Waals surface area contributed by atoms with Crippen molar-refractivity contribution in [3.8, 4) is 0 Å². The lowest BCUT2D eigenvalue weighted by molar-refractivity contribution is 0.425. The Morgan fingerprint density at radius 1 is 0.905 bits per heavy atom. The first-order chi connectivity index (χ1) is 10.3. The van der Waals surface area contributed by atoms with E-state index in [-0.39, 0.29) is 0 Å². The normalized spacial score (nSPS) is 11.9. The fourth-order valence-electron chi connectivity index (χ4n) is 2.61. The van der Waals surface area contributed by atoms with Crippen LogP contribution in [0, 0.1) is 0 Å². The molecule has 0 heterocycles. The van der Waals surface area contributed by atoms with Gasteiger partial charge >= 0.3 is 0 Å². The summed E-state index contributed by atoms with van der Waals surface area (Å²) in [6.07, 6.45) is 5.88. The Bertz CT molecular complexity index is 509. The molecule has 0 aliphatic rings. The van der Waals surface area contributed by atoms with Crippen molar-refractivity contribution in [2.24, 2.45) is 0 Å². The zero-order valence-corrected chi connectivity index (χ0v) is 14.0. The molecule has 0 atom stereocenters. The molecule has 2 heteroatoms. The minimum Gasteiger partial charge on any atom is -0.408 e. The molecule has 0 aromatic heterocycles. The molecule has 0 spiro atoms. The van der Waals surface area contributed by atoms with Crippen molar-refractivity contribution in [3.05, 3.63) is 72.4 Å². The summed E-state index contributed by atoms with van der Waals surface area (Å²) < 4.78 is 6.14. The lowest BCUT2D eigenvalue weighted by atomic mass is 10.2. The van der Waals surface area contributed by atoms with Gasteiger partial charge in [0.25, 0.3) is 8.32 Å². The highest BCUT2D eigenvalue weighted by Gasteiger charge is 2.35. The molecule has 0 saturated carbocycles. The molecule has 2 aromatic rings. The smallest absolute Gasteiger partial charge is 0.280 e. The van der Waals surface area contributed by atoms with Crippen molar-refractivity contribution in [3.63, 3.8) is 0 Å². The van der Waals surface area contributed by atoms with E-state index < -0.39 is 8.32 Å². The van der Waals surface area contributed by atoms with E-state index in [1.165, 1.54) is 23.2 Å². The van der Waals surface area contributed by atoms with E-state index in [1.807, 2.05) is 7.11 Å². The summed E-state index contributed by atoms with van der Waals surface area (Å²) in [4.78, 5) is 0. The van der Waals surface area contributed by atoms with E-state index in [2.05, 4.69) is 79.4 Å². The van der Waals surface area contributed by atoms with Gasteiger partial charge in [0.15, 0.2) is 0 Å². The Labute approximate surface area is 129 Å². The van der Waals surface area contributed by atoms with Crippen LogP contribution in [-0.2, 0) is 4.43 Å². The molecule has 0 saturated heterocycles. The Kier molecular flexibility index (Phi) is 5.97. The molecule has 2 rings (SSSR count). The van der Waals surface area contributed by atoms with Gasteiger partial charge in [0, 0.05) is 7.11 Å². The second-order valence-corrected chi connectivity index (χ2v) is 8.58. The first kappa shape index (κ1) is 15.7. The summed E-state index contributed by atoms with van der Waals surface area (Å²) in [5.74, 6) is 0. The molecular formula is C19H24OSi. The third kappa shape index (κ3) is 3.72. The van der Waals surface area contributed by atoms with Crippen LogP contribution < -0.4 is 10.4 Å². The van der Waals surface area contributed by atoms with E-state index in [0.29, 0.717) is 0 Å². The second kappa shape index (κ2) is 7.96. The molecule has 0 aliphatic heterocycles. The third-order valence-electron chi connectivity index (χ3n) is 3.80. The van der Waals surface area contributed by atoms with Gasteiger partial charge in [0.2, 0.25) is 0 Å². The average Bonchev–Trinajstić information content (AvgIpc) is 2.57. The average molecular weight is 296 g/mol. The first-order valence-corrected chi connectivity index (χ1v) is 9.66. The zero-order valence-electron chi connectivity index (χ0n) is 13.0. The number of hydrogen-bond donors (Lipinski definition) is 0. The van der Waals surface area contributed by atoms with Gasteiger partial charge in [-0.05, 0) is 16.8 Å². The molecule has 0 unspecified atom stereocenters. The first-order valence-electron chi connectivity index (χ1n) is 7.67. The summed E-state index contributed by atoms with van der Waals surface area (Å²) in [6, 6.07) is 21.3. The van der Waals surface area contributed by atoms with Crippen molar-refractivity contribution in [1.29, 1.82) is 0 Å². The van der Waals surface area contributed by atoms with Crippen molar-refractivity contribution in [1.82, 2.24) is 0 Å². The van der Waals surface area contributed by atoms with Crippen molar-refractivity contribution >= 4 is 18.7 Å². The summed E-state index contributed by atoms with van der Waals surface area (Å²) in [5, 5.41) is 2.60. The highest BCUT2D eigenvalue weighted by atomic mass is 28.4. The van der Waals surface area contributed by atoms with Crippen LogP contribution in [0.2, 0.25) is 0 Å². The number of allylic oxidation sites excluding steroid dienone is 1. The van der Waals surface area contributed by atoms with Gasteiger partial charge in [-0.15, -0.1) is 0 Å². The standard InChI is InChI=1S/C19H24OSi/c1-3-4-5-12-17-21(20-2,18-13-8-6-9-14-18)19-15-10-7-11-16-19/h6-17H,3-5H2,1-2H3/b17-12+. The molecule has 1 nitrogen and oxygen atoms in total. The Morgan fingerprint density at radius 2 is 1.43 bits per heavy atom. The van der Waals surface area contributed by atoms with Gasteiger partial charge in [0.1, 0.15) is 0 Å². The van der Waals surface area contributed by atoms with Gasteiger partial charge in [-0.2, -0.15) is 0 Å². The van der Waals surface area contributed by atoms with Gasteiger partial charge < -0.3 is 4.43 Å². The van der Waals surface area contributed by atoms with Gasteiger partial charge in [-0.3, -0.25) is 0 Å². The largest absolute Gasteiger partial charge is 0.408 e. The maximum absolute atomic E-state index is 6.14. The van der Waals surface area contributed by atoms with Gasteiger partial charge in [0.05, 0.1) is 0 Å². The van der Waals surface area contributed by atoms with Crippen LogP contribution in [0.3, 0.4) is 0 Å². The predicted molar refractivity (Wildman–Crippen MR) is 93.6 cm³/mol. The van der Waals surface area contributed by atoms with Crippen molar-refractivity contribution < 1.29 is 4.43 Å². The number of unbranched alkanes of at least 4 members (excludes halogenated alkanes) is 2. The molecular weight excluding hydrogens is 272 g/mol. The Morgan fingerprint density at radius 3 is 1.86 bits per heavy atom. The molecule has 0 N–H and O–H groups in total. The highest BCUT2D eigenvalue weighted by molar-refractivity contribution is 7.01. The summed E-state index contributed by atoms with van der Waals surface area (Å²) in [6.45, 7) is 2.23. The molecule has 0 bridgehead atoms. The topological polar surface area (TPSA) is 9.23 Å². The van der Waals surface area contributed by atoms with Gasteiger partial charge in [-0.1, -0.05) is 92.2 Å². The molecule has 21 heavy (non-hydrogen) atoms. The van der Waals surface area contributed by atoms with Crippen LogP contribution in [0.1, 0.15) is 26.2 Å². The summed E-state index contributed by atoms with van der Waals surface area (Å²) in [7, 11) is -0.409. The van der Waals surface area contributed by atoms with Crippen LogP contribution in [0.4, 0.5) is 0 Å². The quantitative estimate of drug-likeness (QED) is 0.559. The molecule has 110 valence electrons. The molecule has 0 aliphatic carbocycles. The fourth-order valence-corrected chi connectivity index (χ4v) is 5.81. The van der Waals surface area contributed by atoms with Crippen LogP contribution in [0.25, 0.3) is 0 Å². The minimum absolute atomic E-state index is 1.12. The molecule has 0 fully saturated rings. The van der Waals surface area contributed by atoms with E-state index in [4.69, 9.17) is 4.43 Å². The lowest BCUT2D eigenvalue weighted by Crippen LogP contribution is -2.59. The maximum Gasteiger partial charge on any atom is 0.280 e. The molecule has 2 aromatic carbocycles. The number of benzene rings is 2.